The van der Waals surface area contributed by atoms with E-state index in [0.29, 0.717) is 22.9 Å². The minimum atomic E-state index is -0.343. The third kappa shape index (κ3) is 4.65. The molecular formula is C13H18ClNO2. The SMILES string of the molecule is CCCCCCOC(=O)c1ccc(Cl)c(N)c1. The van der Waals surface area contributed by atoms with Crippen LogP contribution in [-0.4, -0.2) is 12.6 Å². The van der Waals surface area contributed by atoms with E-state index in [2.05, 4.69) is 6.92 Å². The molecule has 1 aromatic rings. The van der Waals surface area contributed by atoms with E-state index < -0.39 is 0 Å². The number of nitrogens with two attached hydrogens (primary N) is 1. The van der Waals surface area contributed by atoms with Crippen LogP contribution in [0.4, 0.5) is 5.69 Å². The van der Waals surface area contributed by atoms with Gasteiger partial charge in [-0.1, -0.05) is 37.8 Å². The van der Waals surface area contributed by atoms with Crippen molar-refractivity contribution in [2.45, 2.75) is 32.6 Å². The minimum Gasteiger partial charge on any atom is -0.462 e. The van der Waals surface area contributed by atoms with Crippen molar-refractivity contribution in [3.05, 3.63) is 28.8 Å². The number of unbranched alkanes of at least 4 members (excludes halogenated alkanes) is 3. The Hall–Kier alpha value is -1.22. The number of benzene rings is 1. The molecule has 0 atom stereocenters. The van der Waals surface area contributed by atoms with Gasteiger partial charge in [-0.25, -0.2) is 4.79 Å². The highest BCUT2D eigenvalue weighted by atomic mass is 35.5. The number of halogens is 1. The second-order valence-corrected chi connectivity index (χ2v) is 4.34. The maximum atomic E-state index is 11.6. The van der Waals surface area contributed by atoms with Crippen molar-refractivity contribution in [2.24, 2.45) is 0 Å². The Morgan fingerprint density at radius 2 is 2.12 bits per heavy atom. The molecule has 0 saturated heterocycles. The van der Waals surface area contributed by atoms with Gasteiger partial charge < -0.3 is 10.5 Å². The number of esters is 1. The molecule has 0 aliphatic rings. The molecule has 17 heavy (non-hydrogen) atoms. The van der Waals surface area contributed by atoms with Gasteiger partial charge in [0.1, 0.15) is 0 Å². The van der Waals surface area contributed by atoms with Gasteiger partial charge in [-0.2, -0.15) is 0 Å². The fourth-order valence-corrected chi connectivity index (χ4v) is 1.57. The number of rotatable bonds is 6. The van der Waals surface area contributed by atoms with Crippen molar-refractivity contribution in [3.8, 4) is 0 Å². The van der Waals surface area contributed by atoms with Gasteiger partial charge in [0.15, 0.2) is 0 Å². The lowest BCUT2D eigenvalue weighted by Crippen LogP contribution is -2.07. The topological polar surface area (TPSA) is 52.3 Å². The first-order valence-electron chi connectivity index (χ1n) is 5.87. The molecule has 2 N–H and O–H groups in total. The summed E-state index contributed by atoms with van der Waals surface area (Å²) in [6, 6.07) is 4.76. The summed E-state index contributed by atoms with van der Waals surface area (Å²) in [6.07, 6.45) is 4.34. The van der Waals surface area contributed by atoms with E-state index in [0.717, 1.165) is 12.8 Å². The molecule has 0 spiro atoms. The van der Waals surface area contributed by atoms with Gasteiger partial charge in [-0.15, -0.1) is 0 Å². The Labute approximate surface area is 107 Å². The van der Waals surface area contributed by atoms with E-state index in [1.54, 1.807) is 12.1 Å². The van der Waals surface area contributed by atoms with Crippen molar-refractivity contribution in [3.63, 3.8) is 0 Å². The van der Waals surface area contributed by atoms with Gasteiger partial charge in [0.25, 0.3) is 0 Å². The molecule has 0 aliphatic carbocycles. The fraction of sp³-hybridized carbons (Fsp3) is 0.462. The van der Waals surface area contributed by atoms with Gasteiger partial charge in [-0.05, 0) is 24.6 Å². The fourth-order valence-electron chi connectivity index (χ4n) is 1.45. The summed E-state index contributed by atoms with van der Waals surface area (Å²) in [5.41, 5.74) is 6.46. The van der Waals surface area contributed by atoms with Crippen LogP contribution in [-0.2, 0) is 4.74 Å². The number of nitrogen functional groups attached to an aromatic ring is 1. The first-order chi connectivity index (χ1) is 8.15. The van der Waals surface area contributed by atoms with Crippen LogP contribution >= 0.6 is 11.6 Å². The summed E-state index contributed by atoms with van der Waals surface area (Å²) in [7, 11) is 0. The Balaban J connectivity index is 2.39. The van der Waals surface area contributed by atoms with Crippen LogP contribution in [0.25, 0.3) is 0 Å². The largest absolute Gasteiger partial charge is 0.462 e. The van der Waals surface area contributed by atoms with Gasteiger partial charge in [0.05, 0.1) is 22.9 Å². The number of carbonyl (C=O) groups is 1. The average molecular weight is 256 g/mol. The van der Waals surface area contributed by atoms with Gasteiger partial charge in [-0.3, -0.25) is 0 Å². The number of hydrogen-bond donors (Lipinski definition) is 1. The minimum absolute atomic E-state index is 0.343. The number of carbonyl (C=O) groups excluding carboxylic acids is 1. The molecule has 0 unspecified atom stereocenters. The first kappa shape index (κ1) is 13.8. The Bertz CT molecular complexity index is 380. The summed E-state index contributed by atoms with van der Waals surface area (Å²) in [5, 5.41) is 0.449. The van der Waals surface area contributed by atoms with Crippen molar-refractivity contribution in [1.29, 1.82) is 0 Å². The zero-order chi connectivity index (χ0) is 12.7. The predicted octanol–water partition coefficient (Wildman–Crippen LogP) is 3.66. The second-order valence-electron chi connectivity index (χ2n) is 3.93. The van der Waals surface area contributed by atoms with Crippen molar-refractivity contribution >= 4 is 23.3 Å². The molecule has 0 aliphatic heterocycles. The average Bonchev–Trinajstić information content (AvgIpc) is 2.32. The zero-order valence-electron chi connectivity index (χ0n) is 10.0. The third-order valence-corrected chi connectivity index (χ3v) is 2.81. The van der Waals surface area contributed by atoms with Gasteiger partial charge in [0, 0.05) is 0 Å². The van der Waals surface area contributed by atoms with Crippen LogP contribution in [0.5, 0.6) is 0 Å². The predicted molar refractivity (Wildman–Crippen MR) is 70.3 cm³/mol. The van der Waals surface area contributed by atoms with Crippen LogP contribution < -0.4 is 5.73 Å². The smallest absolute Gasteiger partial charge is 0.338 e. The van der Waals surface area contributed by atoms with Crippen LogP contribution in [0.15, 0.2) is 18.2 Å². The number of ether oxygens (including phenoxy) is 1. The molecule has 0 saturated carbocycles. The Morgan fingerprint density at radius 3 is 2.76 bits per heavy atom. The highest BCUT2D eigenvalue weighted by molar-refractivity contribution is 6.33. The molecule has 94 valence electrons. The molecule has 0 bridgehead atoms. The molecule has 1 aromatic carbocycles. The van der Waals surface area contributed by atoms with E-state index in [4.69, 9.17) is 22.1 Å². The molecule has 0 amide bonds. The normalized spacial score (nSPS) is 10.2. The maximum Gasteiger partial charge on any atom is 0.338 e. The van der Waals surface area contributed by atoms with Crippen LogP contribution in [0.2, 0.25) is 5.02 Å². The van der Waals surface area contributed by atoms with E-state index in [9.17, 15) is 4.79 Å². The molecular weight excluding hydrogens is 238 g/mol. The Morgan fingerprint density at radius 1 is 1.35 bits per heavy atom. The standard InChI is InChI=1S/C13H18ClNO2/c1-2-3-4-5-8-17-13(16)10-6-7-11(14)12(15)9-10/h6-7,9H,2-5,8,15H2,1H3. The summed E-state index contributed by atoms with van der Waals surface area (Å²) >= 11 is 5.77. The first-order valence-corrected chi connectivity index (χ1v) is 6.25. The highest BCUT2D eigenvalue weighted by Gasteiger charge is 2.08. The monoisotopic (exact) mass is 255 g/mol. The van der Waals surface area contributed by atoms with E-state index in [-0.39, 0.29) is 5.97 Å². The van der Waals surface area contributed by atoms with Gasteiger partial charge >= 0.3 is 5.97 Å². The van der Waals surface area contributed by atoms with Crippen LogP contribution in [0.1, 0.15) is 43.0 Å². The quantitative estimate of drug-likeness (QED) is 0.479. The van der Waals surface area contributed by atoms with E-state index in [1.165, 1.54) is 18.9 Å². The summed E-state index contributed by atoms with van der Waals surface area (Å²) in [5.74, 6) is -0.343. The van der Waals surface area contributed by atoms with E-state index >= 15 is 0 Å². The number of anilines is 1. The molecule has 0 fully saturated rings. The summed E-state index contributed by atoms with van der Waals surface area (Å²) < 4.78 is 5.13. The van der Waals surface area contributed by atoms with Crippen molar-refractivity contribution in [2.75, 3.05) is 12.3 Å². The molecule has 1 rings (SSSR count). The number of hydrogen-bond acceptors (Lipinski definition) is 3. The summed E-state index contributed by atoms with van der Waals surface area (Å²) in [6.45, 7) is 2.60. The Kier molecular flexibility index (Phi) is 5.84. The molecule has 0 radical (unpaired) electrons. The zero-order valence-corrected chi connectivity index (χ0v) is 10.8. The molecule has 4 heteroatoms. The molecule has 3 nitrogen and oxygen atoms in total. The lowest BCUT2D eigenvalue weighted by atomic mass is 10.2. The summed E-state index contributed by atoms with van der Waals surface area (Å²) in [4.78, 5) is 11.6. The molecule has 0 heterocycles. The van der Waals surface area contributed by atoms with Crippen LogP contribution in [0, 0.1) is 0 Å². The highest BCUT2D eigenvalue weighted by Crippen LogP contribution is 2.19. The third-order valence-electron chi connectivity index (χ3n) is 2.46. The van der Waals surface area contributed by atoms with E-state index in [1.807, 2.05) is 0 Å². The lowest BCUT2D eigenvalue weighted by Gasteiger charge is -2.05. The van der Waals surface area contributed by atoms with Crippen molar-refractivity contribution < 1.29 is 9.53 Å². The molecule has 0 aromatic heterocycles. The van der Waals surface area contributed by atoms with Crippen LogP contribution in [0.3, 0.4) is 0 Å². The van der Waals surface area contributed by atoms with Gasteiger partial charge in [0.2, 0.25) is 0 Å². The lowest BCUT2D eigenvalue weighted by molar-refractivity contribution is 0.0498. The van der Waals surface area contributed by atoms with Crippen molar-refractivity contribution in [1.82, 2.24) is 0 Å². The maximum absolute atomic E-state index is 11.6. The second kappa shape index (κ2) is 7.17.